The minimum Gasteiger partial charge on any atom is -0.299 e. The van der Waals surface area contributed by atoms with Crippen molar-refractivity contribution in [2.24, 2.45) is 23.2 Å². The lowest BCUT2D eigenvalue weighted by Crippen LogP contribution is -2.30. The van der Waals surface area contributed by atoms with Crippen LogP contribution in [0.4, 0.5) is 0 Å². The lowest BCUT2D eigenvalue weighted by molar-refractivity contribution is -0.135. The maximum Gasteiger partial charge on any atom is 0.143 e. The summed E-state index contributed by atoms with van der Waals surface area (Å²) in [5.74, 6) is 1.29. The smallest absolute Gasteiger partial charge is 0.143 e. The molecule has 0 unspecified atom stereocenters. The Morgan fingerprint density at radius 1 is 1.25 bits per heavy atom. The summed E-state index contributed by atoms with van der Waals surface area (Å²) in [5.41, 5.74) is 1.48. The van der Waals surface area contributed by atoms with Gasteiger partial charge in [-0.1, -0.05) is 32.9 Å². The fourth-order valence-corrected chi connectivity index (χ4v) is 4.03. The van der Waals surface area contributed by atoms with Gasteiger partial charge in [-0.3, -0.25) is 9.59 Å². The lowest BCUT2D eigenvalue weighted by Gasteiger charge is -2.30. The van der Waals surface area contributed by atoms with E-state index in [-0.39, 0.29) is 22.9 Å². The van der Waals surface area contributed by atoms with Crippen molar-refractivity contribution in [3.63, 3.8) is 0 Å². The Labute approximate surface area is 123 Å². The number of Topliss-reactive ketones (excluding diaryl/α,β-unsaturated/α-hetero) is 2. The van der Waals surface area contributed by atoms with Crippen LogP contribution in [0, 0.1) is 23.2 Å². The standard InChI is InChI=1S/C18H28O2/c1-12(2)14-8-10-18(4,13(14)3)11-9-15-16(19)6-5-7-17(15)20/h12,14-15H,3,5-11H2,1-2,4H3/t14-,18-/m1/s1. The molecule has 2 nitrogen and oxygen atoms in total. The maximum atomic E-state index is 11.9. The first kappa shape index (κ1) is 15.5. The zero-order valence-corrected chi connectivity index (χ0v) is 13.2. The molecule has 2 heteroatoms. The highest BCUT2D eigenvalue weighted by molar-refractivity contribution is 6.04. The molecule has 2 fully saturated rings. The Morgan fingerprint density at radius 2 is 1.85 bits per heavy atom. The van der Waals surface area contributed by atoms with E-state index in [1.807, 2.05) is 0 Å². The molecule has 2 aliphatic carbocycles. The Kier molecular flexibility index (Phi) is 4.51. The van der Waals surface area contributed by atoms with Crippen molar-refractivity contribution in [1.82, 2.24) is 0 Å². The van der Waals surface area contributed by atoms with E-state index in [1.165, 1.54) is 12.0 Å². The number of rotatable bonds is 4. The summed E-state index contributed by atoms with van der Waals surface area (Å²) in [7, 11) is 0. The first-order chi connectivity index (χ1) is 9.35. The molecule has 2 aliphatic rings. The number of ketones is 2. The van der Waals surface area contributed by atoms with Gasteiger partial charge in [-0.05, 0) is 49.4 Å². The van der Waals surface area contributed by atoms with Gasteiger partial charge < -0.3 is 0 Å². The topological polar surface area (TPSA) is 34.1 Å². The molecule has 0 saturated heterocycles. The van der Waals surface area contributed by atoms with Crippen LogP contribution in [0.15, 0.2) is 12.2 Å². The van der Waals surface area contributed by atoms with Gasteiger partial charge in [-0.15, -0.1) is 0 Å². The highest BCUT2D eigenvalue weighted by atomic mass is 16.2. The molecular formula is C18H28O2. The zero-order valence-electron chi connectivity index (χ0n) is 13.2. The minimum absolute atomic E-state index is 0.132. The van der Waals surface area contributed by atoms with Gasteiger partial charge in [0.2, 0.25) is 0 Å². The van der Waals surface area contributed by atoms with Crippen molar-refractivity contribution in [3.8, 4) is 0 Å². The van der Waals surface area contributed by atoms with Gasteiger partial charge in [0.1, 0.15) is 11.6 Å². The van der Waals surface area contributed by atoms with Crippen LogP contribution in [-0.2, 0) is 9.59 Å². The van der Waals surface area contributed by atoms with Crippen molar-refractivity contribution in [3.05, 3.63) is 12.2 Å². The molecule has 0 heterocycles. The van der Waals surface area contributed by atoms with Crippen LogP contribution in [0.3, 0.4) is 0 Å². The highest BCUT2D eigenvalue weighted by Crippen LogP contribution is 2.51. The molecule has 0 aromatic heterocycles. The summed E-state index contributed by atoms with van der Waals surface area (Å²) in [6.45, 7) is 11.1. The fraction of sp³-hybridized carbons (Fsp3) is 0.778. The van der Waals surface area contributed by atoms with Crippen molar-refractivity contribution in [1.29, 1.82) is 0 Å². The lowest BCUT2D eigenvalue weighted by atomic mass is 9.74. The van der Waals surface area contributed by atoms with E-state index in [9.17, 15) is 9.59 Å². The van der Waals surface area contributed by atoms with Gasteiger partial charge in [0.25, 0.3) is 0 Å². The summed E-state index contributed by atoms with van der Waals surface area (Å²) >= 11 is 0. The molecule has 0 aromatic carbocycles. The van der Waals surface area contributed by atoms with Crippen molar-refractivity contribution in [2.75, 3.05) is 0 Å². The van der Waals surface area contributed by atoms with Crippen LogP contribution in [0.25, 0.3) is 0 Å². The predicted molar refractivity (Wildman–Crippen MR) is 81.4 cm³/mol. The third kappa shape index (κ3) is 2.89. The summed E-state index contributed by atoms with van der Waals surface area (Å²) in [5, 5.41) is 0. The van der Waals surface area contributed by atoms with E-state index in [4.69, 9.17) is 0 Å². The van der Waals surface area contributed by atoms with Crippen molar-refractivity contribution >= 4 is 11.6 Å². The fourth-order valence-electron chi connectivity index (χ4n) is 4.03. The summed E-state index contributed by atoms with van der Waals surface area (Å²) in [6, 6.07) is 0. The van der Waals surface area contributed by atoms with E-state index >= 15 is 0 Å². The predicted octanol–water partition coefficient (Wildman–Crippen LogP) is 4.33. The van der Waals surface area contributed by atoms with Crippen LogP contribution >= 0.6 is 0 Å². The first-order valence-corrected chi connectivity index (χ1v) is 8.10. The molecule has 0 bridgehead atoms. The van der Waals surface area contributed by atoms with Crippen molar-refractivity contribution in [2.45, 2.75) is 65.7 Å². The molecule has 0 N–H and O–H groups in total. The molecule has 2 rings (SSSR count). The molecule has 0 aliphatic heterocycles. The van der Waals surface area contributed by atoms with Crippen LogP contribution < -0.4 is 0 Å². The van der Waals surface area contributed by atoms with Crippen LogP contribution in [-0.4, -0.2) is 11.6 Å². The van der Waals surface area contributed by atoms with E-state index < -0.39 is 0 Å². The number of hydrogen-bond acceptors (Lipinski definition) is 2. The maximum absolute atomic E-state index is 11.9. The van der Waals surface area contributed by atoms with Crippen LogP contribution in [0.2, 0.25) is 0 Å². The van der Waals surface area contributed by atoms with Gasteiger partial charge in [-0.25, -0.2) is 0 Å². The SMILES string of the molecule is C=C1[C@@H](C(C)C)CC[C@]1(C)CCC1C(=O)CCCC1=O. The van der Waals surface area contributed by atoms with Crippen molar-refractivity contribution < 1.29 is 9.59 Å². The molecule has 0 aromatic rings. The summed E-state index contributed by atoms with van der Waals surface area (Å²) < 4.78 is 0. The van der Waals surface area contributed by atoms with Gasteiger partial charge in [0.05, 0.1) is 5.92 Å². The third-order valence-electron chi connectivity index (χ3n) is 5.64. The number of hydrogen-bond donors (Lipinski definition) is 0. The van der Waals surface area contributed by atoms with E-state index in [0.717, 1.165) is 25.7 Å². The summed E-state index contributed by atoms with van der Waals surface area (Å²) in [6.07, 6.45) is 6.00. The molecule has 0 radical (unpaired) electrons. The highest BCUT2D eigenvalue weighted by Gasteiger charge is 2.41. The monoisotopic (exact) mass is 276 g/mol. The summed E-state index contributed by atoms with van der Waals surface area (Å²) in [4.78, 5) is 23.8. The van der Waals surface area contributed by atoms with E-state index in [2.05, 4.69) is 27.4 Å². The van der Waals surface area contributed by atoms with E-state index in [0.29, 0.717) is 24.7 Å². The van der Waals surface area contributed by atoms with Gasteiger partial charge >= 0.3 is 0 Å². The number of allylic oxidation sites excluding steroid dienone is 1. The second-order valence-electron chi connectivity index (χ2n) is 7.35. The van der Waals surface area contributed by atoms with Gasteiger partial charge in [0.15, 0.2) is 0 Å². The molecule has 0 amide bonds. The van der Waals surface area contributed by atoms with Crippen LogP contribution in [0.5, 0.6) is 0 Å². The normalized spacial score (nSPS) is 32.4. The van der Waals surface area contributed by atoms with Gasteiger partial charge in [0, 0.05) is 12.8 Å². The Bertz CT molecular complexity index is 405. The quantitative estimate of drug-likeness (QED) is 0.565. The Hall–Kier alpha value is -0.920. The molecule has 0 spiro atoms. The third-order valence-corrected chi connectivity index (χ3v) is 5.64. The molecule has 20 heavy (non-hydrogen) atoms. The second kappa shape index (κ2) is 5.83. The number of carbonyl (C=O) groups excluding carboxylic acids is 2. The van der Waals surface area contributed by atoms with Crippen LogP contribution in [0.1, 0.15) is 65.7 Å². The Balaban J connectivity index is 1.98. The second-order valence-corrected chi connectivity index (χ2v) is 7.35. The largest absolute Gasteiger partial charge is 0.299 e. The average molecular weight is 276 g/mol. The average Bonchev–Trinajstić information content (AvgIpc) is 2.66. The Morgan fingerprint density at radius 3 is 2.35 bits per heavy atom. The molecular weight excluding hydrogens is 248 g/mol. The first-order valence-electron chi connectivity index (χ1n) is 8.10. The zero-order chi connectivity index (χ0) is 14.9. The molecule has 2 saturated carbocycles. The molecule has 2 atom stereocenters. The van der Waals surface area contributed by atoms with E-state index in [1.54, 1.807) is 0 Å². The molecule has 112 valence electrons. The van der Waals surface area contributed by atoms with Gasteiger partial charge in [-0.2, -0.15) is 0 Å². The minimum atomic E-state index is -0.313. The number of carbonyl (C=O) groups is 2.